The molecule has 4 fully saturated rings. The van der Waals surface area contributed by atoms with Gasteiger partial charge in [0.15, 0.2) is 0 Å². The highest BCUT2D eigenvalue weighted by molar-refractivity contribution is 7.88. The number of benzene rings is 2. The Balaban J connectivity index is 0.000000167. The fourth-order valence-electron chi connectivity index (χ4n) is 9.03. The van der Waals surface area contributed by atoms with E-state index in [1.54, 1.807) is 10.7 Å². The summed E-state index contributed by atoms with van der Waals surface area (Å²) in [5.41, 5.74) is 9.42. The number of amides is 2. The summed E-state index contributed by atoms with van der Waals surface area (Å²) in [7, 11) is -3.15. The van der Waals surface area contributed by atoms with E-state index in [4.69, 9.17) is 19.4 Å². The van der Waals surface area contributed by atoms with Crippen molar-refractivity contribution in [3.8, 4) is 34.3 Å². The van der Waals surface area contributed by atoms with Gasteiger partial charge in [0.05, 0.1) is 42.4 Å². The van der Waals surface area contributed by atoms with Crippen LogP contribution >= 0.6 is 0 Å². The van der Waals surface area contributed by atoms with E-state index in [-0.39, 0.29) is 35.9 Å². The van der Waals surface area contributed by atoms with Crippen molar-refractivity contribution >= 4 is 44.2 Å². The molecule has 8 heterocycles. The summed E-state index contributed by atoms with van der Waals surface area (Å²) >= 11 is 0. The van der Waals surface area contributed by atoms with Crippen LogP contribution in [0, 0.1) is 25.7 Å². The van der Waals surface area contributed by atoms with Crippen LogP contribution in [0.5, 0.6) is 11.8 Å². The molecule has 10 rings (SSSR count). The lowest BCUT2D eigenvalue weighted by Crippen LogP contribution is -2.48. The van der Waals surface area contributed by atoms with Crippen LogP contribution in [0.2, 0.25) is 0 Å². The molecule has 4 aromatic heterocycles. The summed E-state index contributed by atoms with van der Waals surface area (Å²) in [6.07, 6.45) is 9.34. The lowest BCUT2D eigenvalue weighted by molar-refractivity contribution is -0.120. The van der Waals surface area contributed by atoms with Gasteiger partial charge in [-0.2, -0.15) is 14.5 Å². The van der Waals surface area contributed by atoms with Crippen LogP contribution in [0.25, 0.3) is 33.5 Å². The standard InChI is InChI=1S/C24H30N6O4S.C23H28N6O2/c1-16-13-26-30-15-21(27-24(23(16)30)34-17(2)19-12-22(31)25-14-19)18-4-6-20(7-5-18)28-8-10-29(11-9-28)35(3,32)33;1-15-12-26-29-14-20(17-3-5-19(6-4-17)28-9-7-24-8-10-28)27-23(22(15)29)31-16(2)18-11-21(30)25-13-18/h4-7,13,15,17,19H,8-12,14H2,1-3H3,(H,25,31);3-6,12,14,16,18,24H,7-11,13H2,1-2H3,(H,25,30)/t17-,19-;16-,18-/m11/s1. The molecule has 66 heavy (non-hydrogen) atoms. The number of carbonyl (C=O) groups is 2. The SMILES string of the molecule is Cc1cnn2cc(-c3ccc(N4CCN(S(C)(=O)=O)CC4)cc3)nc(O[C@H](C)[C@H]3CNC(=O)C3)c12.Cc1cnn2cc(-c3ccc(N4CCNCC4)cc3)nc(O[C@H](C)[C@H]3CNC(=O)C3)c12. The van der Waals surface area contributed by atoms with Crippen molar-refractivity contribution < 1.29 is 27.5 Å². The summed E-state index contributed by atoms with van der Waals surface area (Å²) in [5.74, 6) is 1.43. The van der Waals surface area contributed by atoms with Crippen molar-refractivity contribution in [3.05, 3.63) is 84.4 Å². The number of rotatable bonds is 11. The van der Waals surface area contributed by atoms with E-state index in [1.807, 2.05) is 75.1 Å². The minimum atomic E-state index is -3.15. The smallest absolute Gasteiger partial charge is 0.241 e. The second-order valence-corrected chi connectivity index (χ2v) is 19.7. The van der Waals surface area contributed by atoms with E-state index in [0.717, 1.165) is 76.5 Å². The highest BCUT2D eigenvalue weighted by Crippen LogP contribution is 2.32. The zero-order valence-electron chi connectivity index (χ0n) is 38.1. The number of ether oxygens (including phenoxy) is 2. The second-order valence-electron chi connectivity index (χ2n) is 17.8. The molecule has 0 saturated carbocycles. The van der Waals surface area contributed by atoms with Gasteiger partial charge in [-0.05, 0) is 52.0 Å². The molecule has 18 nitrogen and oxygen atoms in total. The molecule has 348 valence electrons. The Bertz CT molecular complexity index is 2820. The topological polar surface area (TPSA) is 193 Å². The predicted octanol–water partition coefficient (Wildman–Crippen LogP) is 3.71. The Morgan fingerprint density at radius 3 is 1.45 bits per heavy atom. The first-order valence-corrected chi connectivity index (χ1v) is 24.6. The number of hydrogen-bond acceptors (Lipinski definition) is 13. The first-order valence-electron chi connectivity index (χ1n) is 22.7. The molecule has 0 spiro atoms. The molecule has 3 N–H and O–H groups in total. The van der Waals surface area contributed by atoms with E-state index in [9.17, 15) is 18.0 Å². The number of fused-ring (bicyclic) bond motifs is 2. The summed E-state index contributed by atoms with van der Waals surface area (Å²) in [6.45, 7) is 15.5. The zero-order chi connectivity index (χ0) is 46.1. The monoisotopic (exact) mass is 918 g/mol. The van der Waals surface area contributed by atoms with Gasteiger partial charge in [0, 0.05) is 124 Å². The molecule has 0 bridgehead atoms. The van der Waals surface area contributed by atoms with Crippen LogP contribution in [-0.4, -0.2) is 138 Å². The number of aromatic nitrogens is 6. The van der Waals surface area contributed by atoms with Crippen molar-refractivity contribution in [1.82, 2.24) is 49.5 Å². The maximum atomic E-state index is 11.8. The van der Waals surface area contributed by atoms with E-state index in [1.165, 1.54) is 16.2 Å². The highest BCUT2D eigenvalue weighted by atomic mass is 32.2. The number of anilines is 2. The maximum absolute atomic E-state index is 11.8. The molecule has 19 heteroatoms. The molecule has 2 amide bonds. The molecule has 4 atom stereocenters. The third kappa shape index (κ3) is 9.78. The first-order chi connectivity index (χ1) is 31.8. The largest absolute Gasteiger partial charge is 0.473 e. The lowest BCUT2D eigenvalue weighted by Gasteiger charge is -2.34. The summed E-state index contributed by atoms with van der Waals surface area (Å²) < 4.78 is 41.3. The third-order valence-corrected chi connectivity index (χ3v) is 14.4. The number of nitrogens with zero attached hydrogens (tertiary/aromatic N) is 9. The second kappa shape index (κ2) is 18.9. The van der Waals surface area contributed by atoms with Gasteiger partial charge in [0.25, 0.3) is 0 Å². The molecular weight excluding hydrogens is 861 g/mol. The minimum Gasteiger partial charge on any atom is -0.473 e. The Labute approximate surface area is 384 Å². The number of aryl methyl sites for hydroxylation is 2. The number of sulfonamides is 1. The molecule has 0 radical (unpaired) electrons. The van der Waals surface area contributed by atoms with Gasteiger partial charge in [-0.25, -0.2) is 27.4 Å². The molecule has 6 aromatic rings. The maximum Gasteiger partial charge on any atom is 0.241 e. The highest BCUT2D eigenvalue weighted by Gasteiger charge is 2.31. The van der Waals surface area contributed by atoms with E-state index >= 15 is 0 Å². The molecule has 4 aliphatic heterocycles. The molecular formula is C47H58N12O6S. The minimum absolute atomic E-state index is 0.0515. The molecule has 4 aliphatic rings. The quantitative estimate of drug-likeness (QED) is 0.171. The van der Waals surface area contributed by atoms with Gasteiger partial charge >= 0.3 is 0 Å². The summed E-state index contributed by atoms with van der Waals surface area (Å²) in [5, 5.41) is 18.1. The van der Waals surface area contributed by atoms with Crippen LogP contribution in [0.4, 0.5) is 11.4 Å². The van der Waals surface area contributed by atoms with Crippen molar-refractivity contribution in [2.45, 2.75) is 52.7 Å². The van der Waals surface area contributed by atoms with Gasteiger partial charge in [-0.15, -0.1) is 0 Å². The van der Waals surface area contributed by atoms with Gasteiger partial charge in [-0.1, -0.05) is 24.3 Å². The Hall–Kier alpha value is -6.31. The van der Waals surface area contributed by atoms with Gasteiger partial charge < -0.3 is 35.2 Å². The van der Waals surface area contributed by atoms with Crippen molar-refractivity contribution in [2.24, 2.45) is 11.8 Å². The van der Waals surface area contributed by atoms with Crippen LogP contribution in [0.3, 0.4) is 0 Å². The van der Waals surface area contributed by atoms with Crippen LogP contribution < -0.4 is 35.2 Å². The molecule has 0 aliphatic carbocycles. The number of piperazine rings is 2. The van der Waals surface area contributed by atoms with E-state index < -0.39 is 10.0 Å². The average molecular weight is 919 g/mol. The average Bonchev–Trinajstić information content (AvgIpc) is 4.14. The van der Waals surface area contributed by atoms with Crippen molar-refractivity contribution in [3.63, 3.8) is 0 Å². The number of carbonyl (C=O) groups excluding carboxylic acids is 2. The summed E-state index contributed by atoms with van der Waals surface area (Å²) in [4.78, 5) is 37.5. The first kappa shape index (κ1) is 44.9. The Morgan fingerprint density at radius 2 is 1.06 bits per heavy atom. The number of hydrogen-bond donors (Lipinski definition) is 3. The van der Waals surface area contributed by atoms with Crippen LogP contribution in [-0.2, 0) is 19.6 Å². The normalized spacial score (nSPS) is 20.2. The van der Waals surface area contributed by atoms with Gasteiger partial charge in [0.2, 0.25) is 33.6 Å². The molecule has 0 unspecified atom stereocenters. The molecule has 4 saturated heterocycles. The van der Waals surface area contributed by atoms with Crippen LogP contribution in [0.1, 0.15) is 37.8 Å². The van der Waals surface area contributed by atoms with E-state index in [0.29, 0.717) is 63.9 Å². The third-order valence-electron chi connectivity index (χ3n) is 13.1. The molecule has 2 aromatic carbocycles. The van der Waals surface area contributed by atoms with E-state index in [2.05, 4.69) is 60.2 Å². The summed E-state index contributed by atoms with van der Waals surface area (Å²) in [6, 6.07) is 16.6. The zero-order valence-corrected chi connectivity index (χ0v) is 38.9. The predicted molar refractivity (Wildman–Crippen MR) is 252 cm³/mol. The fraction of sp³-hybridized carbons (Fsp3) is 0.447. The van der Waals surface area contributed by atoms with Crippen molar-refractivity contribution in [2.75, 3.05) is 81.5 Å². The number of nitrogens with one attached hydrogen (secondary N) is 3. The fourth-order valence-corrected chi connectivity index (χ4v) is 9.86. The Morgan fingerprint density at radius 1 is 0.636 bits per heavy atom. The Kier molecular flexibility index (Phi) is 12.8. The van der Waals surface area contributed by atoms with Crippen molar-refractivity contribution in [1.29, 1.82) is 0 Å². The van der Waals surface area contributed by atoms with Gasteiger partial charge in [-0.3, -0.25) is 9.59 Å². The lowest BCUT2D eigenvalue weighted by atomic mass is 10.0. The van der Waals surface area contributed by atoms with Gasteiger partial charge in [0.1, 0.15) is 23.2 Å². The van der Waals surface area contributed by atoms with Crippen LogP contribution in [0.15, 0.2) is 73.3 Å².